The molecule has 0 radical (unpaired) electrons. The van der Waals surface area contributed by atoms with Gasteiger partial charge >= 0.3 is 0 Å². The molecule has 1 aromatic heterocycles. The van der Waals surface area contributed by atoms with Crippen LogP contribution in [0.4, 0.5) is 11.4 Å². The SMILES string of the molecule is Nc1cc([N+](=O)[O-])ccc1S(=O)(=O)NCc1cccnn1. The summed E-state index contributed by atoms with van der Waals surface area (Å²) in [4.78, 5) is 9.72. The van der Waals surface area contributed by atoms with Crippen LogP contribution in [0.3, 0.4) is 0 Å². The smallest absolute Gasteiger partial charge is 0.271 e. The summed E-state index contributed by atoms with van der Waals surface area (Å²) in [6.45, 7) is -0.0629. The minimum Gasteiger partial charge on any atom is -0.397 e. The third-order valence-corrected chi connectivity index (χ3v) is 4.04. The van der Waals surface area contributed by atoms with Gasteiger partial charge in [-0.25, -0.2) is 13.1 Å². The first kappa shape index (κ1) is 14.8. The van der Waals surface area contributed by atoms with Crippen molar-refractivity contribution in [2.45, 2.75) is 11.4 Å². The molecule has 3 N–H and O–H groups in total. The van der Waals surface area contributed by atoms with Gasteiger partial charge in [0.05, 0.1) is 22.8 Å². The van der Waals surface area contributed by atoms with Crippen molar-refractivity contribution < 1.29 is 13.3 Å². The Kier molecular flexibility index (Phi) is 4.10. The van der Waals surface area contributed by atoms with Crippen molar-refractivity contribution in [3.63, 3.8) is 0 Å². The molecule has 0 saturated heterocycles. The van der Waals surface area contributed by atoms with Gasteiger partial charge in [0.25, 0.3) is 5.69 Å². The second kappa shape index (κ2) is 5.81. The lowest BCUT2D eigenvalue weighted by atomic mass is 10.3. The molecule has 0 spiro atoms. The predicted molar refractivity (Wildman–Crippen MR) is 73.6 cm³/mol. The van der Waals surface area contributed by atoms with Gasteiger partial charge in [-0.2, -0.15) is 10.2 Å². The number of anilines is 1. The molecule has 0 aliphatic heterocycles. The summed E-state index contributed by atoms with van der Waals surface area (Å²) in [5, 5.41) is 18.0. The largest absolute Gasteiger partial charge is 0.397 e. The highest BCUT2D eigenvalue weighted by atomic mass is 32.2. The minimum absolute atomic E-state index is 0.0629. The zero-order chi connectivity index (χ0) is 15.5. The number of nitrogens with two attached hydrogens (primary N) is 1. The number of aromatic nitrogens is 2. The van der Waals surface area contributed by atoms with Crippen LogP contribution in [0.1, 0.15) is 5.69 Å². The predicted octanol–water partition coefficient (Wildman–Crippen LogP) is 0.445. The van der Waals surface area contributed by atoms with Crippen molar-refractivity contribution in [2.24, 2.45) is 0 Å². The van der Waals surface area contributed by atoms with Gasteiger partial charge in [-0.05, 0) is 18.2 Å². The van der Waals surface area contributed by atoms with Crippen molar-refractivity contribution in [3.05, 3.63) is 52.3 Å². The van der Waals surface area contributed by atoms with Gasteiger partial charge < -0.3 is 5.73 Å². The fourth-order valence-corrected chi connectivity index (χ4v) is 2.68. The summed E-state index contributed by atoms with van der Waals surface area (Å²) < 4.78 is 26.5. The fraction of sp³-hybridized carbons (Fsp3) is 0.0909. The molecule has 21 heavy (non-hydrogen) atoms. The van der Waals surface area contributed by atoms with Crippen LogP contribution < -0.4 is 10.5 Å². The van der Waals surface area contributed by atoms with Crippen molar-refractivity contribution in [2.75, 3.05) is 5.73 Å². The lowest BCUT2D eigenvalue weighted by Crippen LogP contribution is -2.24. The average Bonchev–Trinajstić information content (AvgIpc) is 2.46. The molecule has 0 unspecified atom stereocenters. The van der Waals surface area contributed by atoms with E-state index in [0.29, 0.717) is 5.69 Å². The number of nitro benzene ring substituents is 1. The van der Waals surface area contributed by atoms with Crippen molar-refractivity contribution in [1.82, 2.24) is 14.9 Å². The zero-order valence-electron chi connectivity index (χ0n) is 10.6. The zero-order valence-corrected chi connectivity index (χ0v) is 11.4. The number of benzene rings is 1. The van der Waals surface area contributed by atoms with Crippen LogP contribution in [0.2, 0.25) is 0 Å². The highest BCUT2D eigenvalue weighted by Gasteiger charge is 2.19. The number of hydrogen-bond acceptors (Lipinski definition) is 7. The molecule has 0 aliphatic carbocycles. The summed E-state index contributed by atoms with van der Waals surface area (Å²) in [5.41, 5.74) is 5.52. The number of rotatable bonds is 5. The Labute approximate surface area is 120 Å². The lowest BCUT2D eigenvalue weighted by molar-refractivity contribution is -0.384. The highest BCUT2D eigenvalue weighted by molar-refractivity contribution is 7.89. The Hall–Kier alpha value is -2.59. The van der Waals surface area contributed by atoms with Crippen LogP contribution in [0.5, 0.6) is 0 Å². The highest BCUT2D eigenvalue weighted by Crippen LogP contribution is 2.23. The third kappa shape index (κ3) is 3.49. The maximum atomic E-state index is 12.1. The first-order valence-electron chi connectivity index (χ1n) is 5.70. The van der Waals surface area contributed by atoms with Crippen LogP contribution in [0, 0.1) is 10.1 Å². The molecule has 0 aliphatic rings. The topological polar surface area (TPSA) is 141 Å². The molecule has 2 rings (SSSR count). The number of nitrogens with one attached hydrogen (secondary N) is 1. The molecule has 0 atom stereocenters. The van der Waals surface area contributed by atoms with Crippen LogP contribution in [-0.4, -0.2) is 23.5 Å². The van der Waals surface area contributed by atoms with E-state index >= 15 is 0 Å². The van der Waals surface area contributed by atoms with E-state index < -0.39 is 14.9 Å². The van der Waals surface area contributed by atoms with E-state index in [0.717, 1.165) is 18.2 Å². The Balaban J connectivity index is 2.22. The molecule has 9 nitrogen and oxygen atoms in total. The monoisotopic (exact) mass is 309 g/mol. The minimum atomic E-state index is -3.90. The molecule has 110 valence electrons. The molecule has 0 saturated carbocycles. The quantitative estimate of drug-likeness (QED) is 0.464. The van der Waals surface area contributed by atoms with Gasteiger partial charge in [0, 0.05) is 18.3 Å². The average molecular weight is 309 g/mol. The van der Waals surface area contributed by atoms with Crippen LogP contribution >= 0.6 is 0 Å². The lowest BCUT2D eigenvalue weighted by Gasteiger charge is -2.08. The van der Waals surface area contributed by atoms with Gasteiger partial charge in [0.1, 0.15) is 4.90 Å². The Morgan fingerprint density at radius 2 is 2.10 bits per heavy atom. The first-order chi connectivity index (χ1) is 9.90. The van der Waals surface area contributed by atoms with Gasteiger partial charge in [-0.15, -0.1) is 0 Å². The number of nitrogen functional groups attached to an aromatic ring is 1. The summed E-state index contributed by atoms with van der Waals surface area (Å²) in [7, 11) is -3.90. The van der Waals surface area contributed by atoms with Gasteiger partial charge in [-0.3, -0.25) is 10.1 Å². The van der Waals surface area contributed by atoms with E-state index in [-0.39, 0.29) is 22.8 Å². The number of nitrogens with zero attached hydrogens (tertiary/aromatic N) is 3. The number of non-ortho nitro benzene ring substituents is 1. The molecule has 1 heterocycles. The van der Waals surface area contributed by atoms with Crippen LogP contribution in [-0.2, 0) is 16.6 Å². The van der Waals surface area contributed by atoms with Crippen LogP contribution in [0.15, 0.2) is 41.4 Å². The Morgan fingerprint density at radius 1 is 1.33 bits per heavy atom. The fourth-order valence-electron chi connectivity index (χ4n) is 1.57. The number of sulfonamides is 1. The van der Waals surface area contributed by atoms with Crippen molar-refractivity contribution in [1.29, 1.82) is 0 Å². The third-order valence-electron chi connectivity index (χ3n) is 2.56. The molecule has 0 amide bonds. The van der Waals surface area contributed by atoms with Crippen molar-refractivity contribution >= 4 is 21.4 Å². The van der Waals surface area contributed by atoms with Gasteiger partial charge in [-0.1, -0.05) is 0 Å². The maximum Gasteiger partial charge on any atom is 0.271 e. The van der Waals surface area contributed by atoms with Gasteiger partial charge in [0.2, 0.25) is 10.0 Å². The standard InChI is InChI=1S/C11H11N5O4S/c12-10-6-9(16(17)18)3-4-11(10)21(19,20)14-7-8-2-1-5-13-15-8/h1-6,14H,7,12H2. The first-order valence-corrected chi connectivity index (χ1v) is 7.18. The van der Waals surface area contributed by atoms with E-state index in [1.807, 2.05) is 0 Å². The summed E-state index contributed by atoms with van der Waals surface area (Å²) in [6.07, 6.45) is 1.46. The van der Waals surface area contributed by atoms with E-state index in [1.165, 1.54) is 6.20 Å². The summed E-state index contributed by atoms with van der Waals surface area (Å²) in [6, 6.07) is 6.39. The second-order valence-electron chi connectivity index (χ2n) is 4.02. The molecule has 0 fully saturated rings. The summed E-state index contributed by atoms with van der Waals surface area (Å²) >= 11 is 0. The van der Waals surface area contributed by atoms with E-state index in [2.05, 4.69) is 14.9 Å². The van der Waals surface area contributed by atoms with E-state index in [1.54, 1.807) is 12.1 Å². The second-order valence-corrected chi connectivity index (χ2v) is 5.75. The molecular formula is C11H11N5O4S. The Bertz CT molecular complexity index is 763. The maximum absolute atomic E-state index is 12.1. The number of nitro groups is 1. The van der Waals surface area contributed by atoms with Crippen molar-refractivity contribution in [3.8, 4) is 0 Å². The molecule has 2 aromatic rings. The molecular weight excluding hydrogens is 298 g/mol. The van der Waals surface area contributed by atoms with E-state index in [4.69, 9.17) is 5.73 Å². The normalized spacial score (nSPS) is 11.2. The van der Waals surface area contributed by atoms with Crippen LogP contribution in [0.25, 0.3) is 0 Å². The molecule has 10 heteroatoms. The molecule has 1 aromatic carbocycles. The molecule has 0 bridgehead atoms. The summed E-state index contributed by atoms with van der Waals surface area (Å²) in [5.74, 6) is 0. The van der Waals surface area contributed by atoms with E-state index in [9.17, 15) is 18.5 Å². The number of hydrogen-bond donors (Lipinski definition) is 2. The Morgan fingerprint density at radius 3 is 2.67 bits per heavy atom. The van der Waals surface area contributed by atoms with Gasteiger partial charge in [0.15, 0.2) is 0 Å².